The van der Waals surface area contributed by atoms with Crippen LogP contribution in [0.3, 0.4) is 0 Å². The fourth-order valence-electron chi connectivity index (χ4n) is 3.46. The monoisotopic (exact) mass is 510 g/mol. The summed E-state index contributed by atoms with van der Waals surface area (Å²) in [6.07, 6.45) is 3.63. The van der Waals surface area contributed by atoms with Crippen LogP contribution in [-0.2, 0) is 0 Å². The predicted molar refractivity (Wildman–Crippen MR) is 109 cm³/mol. The topological polar surface area (TPSA) is 142 Å². The lowest BCUT2D eigenvalue weighted by Crippen LogP contribution is -2.68. The number of fused-ring (bicyclic) bond motifs is 1. The van der Waals surface area contributed by atoms with Crippen molar-refractivity contribution in [3.8, 4) is 0 Å². The van der Waals surface area contributed by atoms with Gasteiger partial charge in [-0.15, -0.1) is 10.2 Å². The van der Waals surface area contributed by atoms with E-state index in [1.54, 1.807) is 47.0 Å². The largest absolute Gasteiger partial charge is 0.368 e. The minimum Gasteiger partial charge on any atom is -0.368 e. The molecule has 2 unspecified atom stereocenters. The number of nitrogens with zero attached hydrogens (tertiary/aromatic N) is 1. The molecule has 0 saturated carbocycles. The van der Waals surface area contributed by atoms with Crippen molar-refractivity contribution in [3.05, 3.63) is 93.7 Å². The number of benzene rings is 2. The Bertz CT molecular complexity index is 1180. The number of carbonyl (C=O) groups excluding carboxylic acids is 2. The average Bonchev–Trinajstić information content (AvgIpc) is 2.74. The Kier molecular flexibility index (Phi) is 7.71. The summed E-state index contributed by atoms with van der Waals surface area (Å²) in [6.45, 7) is 1.97. The zero-order chi connectivity index (χ0) is 24.3. The van der Waals surface area contributed by atoms with Crippen LogP contribution < -0.4 is 28.5 Å². The second kappa shape index (κ2) is 10.1. The summed E-state index contributed by atoms with van der Waals surface area (Å²) in [7, 11) is -4.94. The molecule has 8 nitrogen and oxygen atoms in total. The van der Waals surface area contributed by atoms with Crippen molar-refractivity contribution >= 4 is 40.5 Å². The van der Waals surface area contributed by atoms with Gasteiger partial charge in [0.15, 0.2) is 24.2 Å². The third-order valence-corrected chi connectivity index (χ3v) is 5.47. The molecule has 4 rings (SSSR count). The molecular weight excluding hydrogens is 495 g/mol. The second-order valence-electron chi connectivity index (χ2n) is 7.17. The summed E-state index contributed by atoms with van der Waals surface area (Å²) in [4.78, 5) is 26.6. The maximum Gasteiger partial charge on any atom is 0.247 e. The van der Waals surface area contributed by atoms with Crippen LogP contribution in [0.25, 0.3) is 0 Å². The molecule has 0 bridgehead atoms. The lowest BCUT2D eigenvalue weighted by atomic mass is 9.82. The zero-order valence-electron chi connectivity index (χ0n) is 17.0. The van der Waals surface area contributed by atoms with Crippen molar-refractivity contribution in [1.82, 2.24) is 0 Å². The van der Waals surface area contributed by atoms with Crippen LogP contribution in [0.2, 0.25) is 10.0 Å². The molecule has 0 aliphatic heterocycles. The van der Waals surface area contributed by atoms with Gasteiger partial charge in [-0.3, -0.25) is 9.59 Å². The van der Waals surface area contributed by atoms with E-state index in [9.17, 15) is 9.59 Å². The molecular formula is C22H17Cl3N2O6. The molecule has 0 saturated heterocycles. The van der Waals surface area contributed by atoms with Gasteiger partial charge in [0.1, 0.15) is 0 Å². The fraction of sp³-hybridized carbons (Fsp3) is 0.136. The number of pyridine rings is 1. The Morgan fingerprint density at radius 3 is 2.00 bits per heavy atom. The minimum atomic E-state index is -4.94. The van der Waals surface area contributed by atoms with Crippen LogP contribution in [0.1, 0.15) is 32.3 Å². The smallest absolute Gasteiger partial charge is 0.247 e. The first-order chi connectivity index (χ1) is 15.5. The van der Waals surface area contributed by atoms with Crippen molar-refractivity contribution < 1.29 is 43.0 Å². The molecule has 2 aromatic carbocycles. The van der Waals surface area contributed by atoms with Crippen LogP contribution in [0.15, 0.2) is 67.0 Å². The SMILES string of the molecule is Cc1cc[n+](C2C(=O)c3ccccc3C(=O)C2Nc2cc(Cl)ccc2Cl)cc1.[O-][Cl+3]([O-])([O-])[O-]. The number of rotatable bonds is 3. The lowest BCUT2D eigenvalue weighted by Gasteiger charge is -2.28. The molecule has 1 aliphatic rings. The number of hydrogen-bond donors (Lipinski definition) is 1. The number of nitrogens with one attached hydrogen (secondary N) is 1. The van der Waals surface area contributed by atoms with Crippen molar-refractivity contribution in [2.24, 2.45) is 0 Å². The molecule has 1 aliphatic carbocycles. The number of carbonyl (C=O) groups is 2. The number of hydrogen-bond acceptors (Lipinski definition) is 7. The molecule has 2 atom stereocenters. The van der Waals surface area contributed by atoms with E-state index in [0.29, 0.717) is 26.9 Å². The van der Waals surface area contributed by atoms with Gasteiger partial charge in [-0.25, -0.2) is 18.6 Å². The molecule has 33 heavy (non-hydrogen) atoms. The van der Waals surface area contributed by atoms with E-state index in [1.807, 2.05) is 31.5 Å². The standard InChI is InChI=1S/C22H17Cl2N2O2.ClHO4/c1-13-8-10-26(11-9-13)20-19(25-18-12-14(23)6-7-17(18)24)21(27)15-4-2-3-5-16(15)22(20)28;2-1(3,4)5/h2-12,19-20,25H,1H3;(H,2,3,4,5)/q+1;/p-1. The molecule has 0 radical (unpaired) electrons. The highest BCUT2D eigenvalue weighted by Gasteiger charge is 2.47. The van der Waals surface area contributed by atoms with Gasteiger partial charge in [0.2, 0.25) is 11.8 Å². The fourth-order valence-corrected chi connectivity index (χ4v) is 3.80. The van der Waals surface area contributed by atoms with Gasteiger partial charge in [0.05, 0.1) is 10.7 Å². The molecule has 0 amide bonds. The molecule has 0 fully saturated rings. The Morgan fingerprint density at radius 2 is 1.42 bits per heavy atom. The first-order valence-electron chi connectivity index (χ1n) is 9.44. The van der Waals surface area contributed by atoms with Crippen molar-refractivity contribution in [2.45, 2.75) is 19.0 Å². The van der Waals surface area contributed by atoms with Crippen molar-refractivity contribution in [2.75, 3.05) is 5.32 Å². The van der Waals surface area contributed by atoms with E-state index in [0.717, 1.165) is 5.56 Å². The van der Waals surface area contributed by atoms with Crippen LogP contribution >= 0.6 is 23.2 Å². The number of Topliss-reactive ketones (excluding diaryl/α,β-unsaturated/α-hetero) is 2. The average molecular weight is 512 g/mol. The summed E-state index contributed by atoms with van der Waals surface area (Å²) in [6, 6.07) is 14.1. The number of aryl methyl sites for hydroxylation is 1. The highest BCUT2D eigenvalue weighted by Crippen LogP contribution is 2.32. The predicted octanol–water partition coefficient (Wildman–Crippen LogP) is -0.0657. The molecule has 172 valence electrons. The van der Waals surface area contributed by atoms with Gasteiger partial charge < -0.3 is 5.32 Å². The molecule has 1 heterocycles. The quantitative estimate of drug-likeness (QED) is 0.485. The van der Waals surface area contributed by atoms with Crippen LogP contribution in [-0.4, -0.2) is 17.6 Å². The minimum absolute atomic E-state index is 0.125. The third kappa shape index (κ3) is 6.27. The first kappa shape index (κ1) is 25.1. The number of aromatic nitrogens is 1. The summed E-state index contributed by atoms with van der Waals surface area (Å²) < 4.78 is 35.7. The Hall–Kier alpha value is -2.56. The molecule has 3 aromatic rings. The van der Waals surface area contributed by atoms with E-state index in [1.165, 1.54) is 0 Å². The van der Waals surface area contributed by atoms with Crippen LogP contribution in [0.4, 0.5) is 5.69 Å². The van der Waals surface area contributed by atoms with Gasteiger partial charge in [0.25, 0.3) is 0 Å². The summed E-state index contributed by atoms with van der Waals surface area (Å²) in [5.74, 6) is -0.288. The summed E-state index contributed by atoms with van der Waals surface area (Å²) >= 11 is 12.4. The third-order valence-electron chi connectivity index (χ3n) is 4.90. The van der Waals surface area contributed by atoms with Gasteiger partial charge in [0, 0.05) is 28.3 Å². The number of anilines is 1. The molecule has 11 heteroatoms. The van der Waals surface area contributed by atoms with E-state index >= 15 is 0 Å². The Morgan fingerprint density at radius 1 is 0.879 bits per heavy atom. The second-order valence-corrected chi connectivity index (χ2v) is 8.77. The number of halogens is 3. The van der Waals surface area contributed by atoms with E-state index < -0.39 is 22.3 Å². The zero-order valence-corrected chi connectivity index (χ0v) is 19.3. The van der Waals surface area contributed by atoms with E-state index in [4.69, 9.17) is 41.8 Å². The maximum absolute atomic E-state index is 13.3. The Labute approximate surface area is 201 Å². The van der Waals surface area contributed by atoms with E-state index in [-0.39, 0.29) is 11.6 Å². The molecule has 1 aromatic heterocycles. The van der Waals surface area contributed by atoms with Gasteiger partial charge in [-0.2, -0.15) is 4.57 Å². The van der Waals surface area contributed by atoms with E-state index in [2.05, 4.69) is 5.32 Å². The Balaban J connectivity index is 0.000000555. The maximum atomic E-state index is 13.3. The van der Waals surface area contributed by atoms with Gasteiger partial charge in [-0.1, -0.05) is 47.5 Å². The number of ketones is 2. The highest BCUT2D eigenvalue weighted by atomic mass is 35.7. The van der Waals surface area contributed by atoms with Crippen molar-refractivity contribution in [1.29, 1.82) is 0 Å². The van der Waals surface area contributed by atoms with Crippen LogP contribution in [0.5, 0.6) is 0 Å². The normalized spacial score (nSPS) is 17.7. The van der Waals surface area contributed by atoms with Crippen LogP contribution in [0, 0.1) is 17.2 Å². The van der Waals surface area contributed by atoms with Gasteiger partial charge in [-0.05, 0) is 30.7 Å². The molecule has 1 N–H and O–H groups in total. The first-order valence-corrected chi connectivity index (χ1v) is 11.4. The lowest BCUT2D eigenvalue weighted by molar-refractivity contribution is -2.00. The highest BCUT2D eigenvalue weighted by molar-refractivity contribution is 6.35. The summed E-state index contributed by atoms with van der Waals surface area (Å²) in [5, 5.41) is 4.08. The van der Waals surface area contributed by atoms with Gasteiger partial charge >= 0.3 is 0 Å². The summed E-state index contributed by atoms with van der Waals surface area (Å²) in [5.41, 5.74) is 2.42. The molecule has 0 spiro atoms. The van der Waals surface area contributed by atoms with Crippen molar-refractivity contribution in [3.63, 3.8) is 0 Å².